The topological polar surface area (TPSA) is 62.6 Å². The zero-order valence-electron chi connectivity index (χ0n) is 8.78. The maximum absolute atomic E-state index is 13.0. The van der Waals surface area contributed by atoms with Crippen LogP contribution in [0.1, 0.15) is 5.56 Å². The quantitative estimate of drug-likeness (QED) is 0.852. The molecule has 1 aromatic heterocycles. The van der Waals surface area contributed by atoms with Crippen LogP contribution in [0.25, 0.3) is 0 Å². The molecule has 0 fully saturated rings. The van der Waals surface area contributed by atoms with Crippen LogP contribution in [0.15, 0.2) is 16.7 Å². The van der Waals surface area contributed by atoms with Gasteiger partial charge in [-0.3, -0.25) is 0 Å². The Balaban J connectivity index is 3.32. The van der Waals surface area contributed by atoms with Gasteiger partial charge in [-0.25, -0.2) is 9.37 Å². The number of hydrogen-bond donors (Lipinski definition) is 2. The second-order valence-corrected chi connectivity index (χ2v) is 4.36. The highest BCUT2D eigenvalue weighted by atomic mass is 79.9. The summed E-state index contributed by atoms with van der Waals surface area (Å²) in [5.41, 5.74) is -1.03. The highest BCUT2D eigenvalue weighted by molar-refractivity contribution is 9.10. The number of halogens is 2. The largest absolute Gasteiger partial charge is 0.481 e. The molecule has 1 heterocycles. The Morgan fingerprint density at radius 3 is 2.56 bits per heavy atom. The van der Waals surface area contributed by atoms with Crippen molar-refractivity contribution in [3.63, 3.8) is 0 Å². The van der Waals surface area contributed by atoms with E-state index < -0.39 is 25.3 Å². The zero-order valence-corrected chi connectivity index (χ0v) is 10.4. The summed E-state index contributed by atoms with van der Waals surface area (Å²) in [5.74, 6) is 0.198. The molecule has 1 aromatic rings. The number of alkyl halides is 1. The minimum Gasteiger partial charge on any atom is -0.481 e. The SMILES string of the molecule is COc1ncc(Br)cc1C(CO)(CO)CF. The molecule has 16 heavy (non-hydrogen) atoms. The third-order valence-corrected chi connectivity index (χ3v) is 2.88. The predicted molar refractivity (Wildman–Crippen MR) is 60.3 cm³/mol. The fraction of sp³-hybridized carbons (Fsp3) is 0.500. The lowest BCUT2D eigenvalue weighted by Crippen LogP contribution is -2.37. The van der Waals surface area contributed by atoms with E-state index >= 15 is 0 Å². The van der Waals surface area contributed by atoms with E-state index in [-0.39, 0.29) is 5.88 Å². The summed E-state index contributed by atoms with van der Waals surface area (Å²) in [6.45, 7) is -1.93. The second-order valence-electron chi connectivity index (χ2n) is 3.44. The van der Waals surface area contributed by atoms with Crippen molar-refractivity contribution in [2.24, 2.45) is 0 Å². The number of pyridine rings is 1. The van der Waals surface area contributed by atoms with E-state index in [1.54, 1.807) is 6.07 Å². The molecule has 0 spiro atoms. The van der Waals surface area contributed by atoms with Crippen molar-refractivity contribution in [2.75, 3.05) is 27.0 Å². The van der Waals surface area contributed by atoms with E-state index in [2.05, 4.69) is 20.9 Å². The molecule has 0 saturated carbocycles. The fourth-order valence-electron chi connectivity index (χ4n) is 1.35. The molecule has 0 aromatic carbocycles. The van der Waals surface area contributed by atoms with Crippen LogP contribution in [0.5, 0.6) is 5.88 Å². The van der Waals surface area contributed by atoms with Gasteiger partial charge in [-0.15, -0.1) is 0 Å². The Kier molecular flexibility index (Phi) is 4.64. The molecule has 0 atom stereocenters. The van der Waals surface area contributed by atoms with E-state index in [1.165, 1.54) is 13.3 Å². The monoisotopic (exact) mass is 293 g/mol. The second kappa shape index (κ2) is 5.56. The molecule has 90 valence electrons. The Morgan fingerprint density at radius 2 is 2.12 bits per heavy atom. The fourth-order valence-corrected chi connectivity index (χ4v) is 1.68. The molecule has 0 saturated heterocycles. The predicted octanol–water partition coefficient (Wildman–Crippen LogP) is 1.04. The summed E-state index contributed by atoms with van der Waals surface area (Å²) in [6.07, 6.45) is 1.50. The third-order valence-electron chi connectivity index (χ3n) is 2.44. The van der Waals surface area contributed by atoms with Gasteiger partial charge < -0.3 is 14.9 Å². The van der Waals surface area contributed by atoms with Gasteiger partial charge in [0.25, 0.3) is 0 Å². The number of methoxy groups -OCH3 is 1. The number of hydrogen-bond acceptors (Lipinski definition) is 4. The first-order chi connectivity index (χ1) is 7.63. The molecule has 0 bridgehead atoms. The molecule has 1 rings (SSSR count). The van der Waals surface area contributed by atoms with Gasteiger partial charge in [0, 0.05) is 16.2 Å². The Hall–Kier alpha value is -0.720. The molecule has 2 N–H and O–H groups in total. The van der Waals surface area contributed by atoms with Crippen LogP contribution in [-0.4, -0.2) is 42.2 Å². The molecule has 4 nitrogen and oxygen atoms in total. The lowest BCUT2D eigenvalue weighted by atomic mass is 9.84. The molecular weight excluding hydrogens is 281 g/mol. The van der Waals surface area contributed by atoms with Gasteiger partial charge in [0.05, 0.1) is 25.7 Å². The summed E-state index contributed by atoms with van der Waals surface area (Å²) in [7, 11) is 1.40. The number of ether oxygens (including phenoxy) is 1. The highest BCUT2D eigenvalue weighted by Gasteiger charge is 2.35. The average Bonchev–Trinajstić information content (AvgIpc) is 2.32. The Morgan fingerprint density at radius 1 is 1.50 bits per heavy atom. The first-order valence-electron chi connectivity index (χ1n) is 4.61. The van der Waals surface area contributed by atoms with Gasteiger partial charge in [-0.05, 0) is 22.0 Å². The van der Waals surface area contributed by atoms with Crippen molar-refractivity contribution in [2.45, 2.75) is 5.41 Å². The lowest BCUT2D eigenvalue weighted by molar-refractivity contribution is 0.0917. The first kappa shape index (κ1) is 13.3. The van der Waals surface area contributed by atoms with E-state index in [9.17, 15) is 14.6 Å². The van der Waals surface area contributed by atoms with Gasteiger partial charge in [0.15, 0.2) is 0 Å². The Labute approximate surface area is 101 Å². The average molecular weight is 294 g/mol. The van der Waals surface area contributed by atoms with E-state index in [0.717, 1.165) is 0 Å². The van der Waals surface area contributed by atoms with Crippen LogP contribution in [0.3, 0.4) is 0 Å². The standard InChI is InChI=1S/C10H13BrFNO3/c1-16-9-8(2-7(11)3-13-9)10(4-12,5-14)6-15/h2-3,14-15H,4-6H2,1H3. The maximum atomic E-state index is 13.0. The van der Waals surface area contributed by atoms with Crippen LogP contribution >= 0.6 is 15.9 Å². The van der Waals surface area contributed by atoms with Gasteiger partial charge in [-0.1, -0.05) is 0 Å². The van der Waals surface area contributed by atoms with Crippen LogP contribution in [0.2, 0.25) is 0 Å². The van der Waals surface area contributed by atoms with Crippen molar-refractivity contribution < 1.29 is 19.3 Å². The summed E-state index contributed by atoms with van der Waals surface area (Å²) < 4.78 is 18.6. The van der Waals surface area contributed by atoms with Crippen molar-refractivity contribution in [1.82, 2.24) is 4.98 Å². The molecule has 0 amide bonds. The zero-order chi connectivity index (χ0) is 12.2. The van der Waals surface area contributed by atoms with Crippen molar-refractivity contribution in [3.05, 3.63) is 22.3 Å². The van der Waals surface area contributed by atoms with Crippen LogP contribution in [0.4, 0.5) is 4.39 Å². The highest BCUT2D eigenvalue weighted by Crippen LogP contribution is 2.32. The minimum atomic E-state index is -1.37. The molecule has 6 heteroatoms. The van der Waals surface area contributed by atoms with Crippen molar-refractivity contribution in [1.29, 1.82) is 0 Å². The first-order valence-corrected chi connectivity index (χ1v) is 5.40. The van der Waals surface area contributed by atoms with Crippen LogP contribution in [-0.2, 0) is 5.41 Å². The normalized spacial score (nSPS) is 11.6. The minimum absolute atomic E-state index is 0.198. The lowest BCUT2D eigenvalue weighted by Gasteiger charge is -2.27. The van der Waals surface area contributed by atoms with Crippen molar-refractivity contribution >= 4 is 15.9 Å². The molecule has 0 aliphatic heterocycles. The van der Waals surface area contributed by atoms with Gasteiger partial charge >= 0.3 is 0 Å². The number of rotatable bonds is 5. The number of aliphatic hydroxyl groups is 2. The summed E-state index contributed by atoms with van der Waals surface area (Å²) in [5, 5.41) is 18.5. The summed E-state index contributed by atoms with van der Waals surface area (Å²) in [4.78, 5) is 3.95. The third kappa shape index (κ3) is 2.34. The molecule has 0 aliphatic carbocycles. The van der Waals surface area contributed by atoms with Crippen LogP contribution < -0.4 is 4.74 Å². The Bertz CT molecular complexity index is 350. The smallest absolute Gasteiger partial charge is 0.217 e. The number of aromatic nitrogens is 1. The molecule has 0 unspecified atom stereocenters. The number of aliphatic hydroxyl groups excluding tert-OH is 2. The van der Waals surface area contributed by atoms with Crippen molar-refractivity contribution in [3.8, 4) is 5.88 Å². The van der Waals surface area contributed by atoms with Gasteiger partial charge in [0.1, 0.15) is 6.67 Å². The molecule has 0 aliphatic rings. The van der Waals surface area contributed by atoms with E-state index in [4.69, 9.17) is 4.74 Å². The van der Waals surface area contributed by atoms with Crippen LogP contribution in [0, 0.1) is 0 Å². The van der Waals surface area contributed by atoms with E-state index in [0.29, 0.717) is 10.0 Å². The summed E-state index contributed by atoms with van der Waals surface area (Å²) in [6, 6.07) is 1.58. The summed E-state index contributed by atoms with van der Waals surface area (Å²) >= 11 is 3.20. The molecular formula is C10H13BrFNO3. The van der Waals surface area contributed by atoms with Gasteiger partial charge in [0.2, 0.25) is 5.88 Å². The number of nitrogens with zero attached hydrogens (tertiary/aromatic N) is 1. The van der Waals surface area contributed by atoms with E-state index in [1.807, 2.05) is 0 Å². The molecule has 0 radical (unpaired) electrons. The maximum Gasteiger partial charge on any atom is 0.217 e. The van der Waals surface area contributed by atoms with Gasteiger partial charge in [-0.2, -0.15) is 0 Å².